The van der Waals surface area contributed by atoms with Gasteiger partial charge in [0.1, 0.15) is 0 Å². The quantitative estimate of drug-likeness (QED) is 0.816. The monoisotopic (exact) mass is 258 g/mol. The molecule has 1 fully saturated rings. The van der Waals surface area contributed by atoms with Crippen LogP contribution in [0.2, 0.25) is 0 Å². The predicted molar refractivity (Wildman–Crippen MR) is 69.4 cm³/mol. The normalized spacial score (nSPS) is 16.1. The number of carbonyl (C=O) groups excluding carboxylic acids is 1. The molecule has 98 valence electrons. The first-order valence-electron chi connectivity index (χ1n) is 6.08. The molecule has 0 spiro atoms. The highest BCUT2D eigenvalue weighted by Gasteiger charge is 2.51. The molecule has 3 N–H and O–H groups in total. The lowest BCUT2D eigenvalue weighted by atomic mass is 9.95. The van der Waals surface area contributed by atoms with E-state index >= 15 is 0 Å². The molecule has 6 nitrogen and oxygen atoms in total. The van der Waals surface area contributed by atoms with Gasteiger partial charge in [0.25, 0.3) is 0 Å². The van der Waals surface area contributed by atoms with Gasteiger partial charge < -0.3 is 10.3 Å². The Morgan fingerprint density at radius 1 is 1.37 bits per heavy atom. The number of hydrogen-bond acceptors (Lipinski definition) is 5. The summed E-state index contributed by atoms with van der Waals surface area (Å²) in [5.41, 5.74) is 6.84. The third-order valence-corrected chi connectivity index (χ3v) is 3.40. The maximum atomic E-state index is 12.3. The maximum Gasteiger partial charge on any atom is 0.328 e. The van der Waals surface area contributed by atoms with Crippen LogP contribution in [0.3, 0.4) is 0 Å². The second-order valence-corrected chi connectivity index (χ2v) is 4.80. The Labute approximate surface area is 110 Å². The predicted octanol–water partition coefficient (Wildman–Crippen LogP) is 1.63. The van der Waals surface area contributed by atoms with E-state index < -0.39 is 5.41 Å². The van der Waals surface area contributed by atoms with Crippen molar-refractivity contribution < 1.29 is 9.32 Å². The minimum Gasteiger partial charge on any atom is -0.399 e. The van der Waals surface area contributed by atoms with Gasteiger partial charge in [0.15, 0.2) is 5.82 Å². The van der Waals surface area contributed by atoms with E-state index in [4.69, 9.17) is 10.3 Å². The smallest absolute Gasteiger partial charge is 0.328 e. The zero-order valence-electron chi connectivity index (χ0n) is 10.5. The largest absolute Gasteiger partial charge is 0.399 e. The van der Waals surface area contributed by atoms with E-state index in [9.17, 15) is 4.79 Å². The highest BCUT2D eigenvalue weighted by atomic mass is 16.5. The number of nitrogen functional groups attached to an aromatic ring is 1. The number of nitrogens with one attached hydrogen (secondary N) is 1. The molecule has 0 atom stereocenters. The summed E-state index contributed by atoms with van der Waals surface area (Å²) < 4.78 is 4.90. The summed E-state index contributed by atoms with van der Waals surface area (Å²) in [6.45, 7) is 1.70. The molecule has 0 radical (unpaired) electrons. The van der Waals surface area contributed by atoms with Gasteiger partial charge in [-0.15, -0.1) is 0 Å². The molecule has 6 heteroatoms. The van der Waals surface area contributed by atoms with Crippen LogP contribution in [0.5, 0.6) is 0 Å². The van der Waals surface area contributed by atoms with Crippen molar-refractivity contribution in [1.82, 2.24) is 10.1 Å². The molecule has 1 amide bonds. The van der Waals surface area contributed by atoms with Crippen molar-refractivity contribution in [2.24, 2.45) is 0 Å². The van der Waals surface area contributed by atoms with Gasteiger partial charge in [-0.25, -0.2) is 0 Å². The van der Waals surface area contributed by atoms with Gasteiger partial charge in [-0.3, -0.25) is 10.1 Å². The van der Waals surface area contributed by atoms with E-state index in [1.165, 1.54) is 0 Å². The summed E-state index contributed by atoms with van der Waals surface area (Å²) in [6.07, 6.45) is 1.63. The number of nitrogens with zero attached hydrogens (tertiary/aromatic N) is 2. The van der Waals surface area contributed by atoms with E-state index in [1.807, 2.05) is 12.1 Å². The summed E-state index contributed by atoms with van der Waals surface area (Å²) in [4.78, 5) is 16.3. The van der Waals surface area contributed by atoms with Gasteiger partial charge in [0.2, 0.25) is 5.91 Å². The number of rotatable bonds is 3. The highest BCUT2D eigenvalue weighted by Crippen LogP contribution is 2.49. The minimum atomic E-state index is -0.476. The molecule has 2 aromatic rings. The van der Waals surface area contributed by atoms with Gasteiger partial charge in [-0.2, -0.15) is 4.98 Å². The Morgan fingerprint density at radius 2 is 2.05 bits per heavy atom. The average Bonchev–Trinajstić information content (AvgIpc) is 3.10. The molecule has 1 heterocycles. The van der Waals surface area contributed by atoms with Gasteiger partial charge >= 0.3 is 6.01 Å². The van der Waals surface area contributed by atoms with Crippen LogP contribution in [0.25, 0.3) is 0 Å². The standard InChI is InChI=1S/C13H14N4O2/c1-8-15-12(19-17-8)16-11(18)13(6-7-13)9-2-4-10(14)5-3-9/h2-5H,6-7,14H2,1H3,(H,15,16,17,18). The Kier molecular flexibility index (Phi) is 2.51. The molecule has 1 saturated carbocycles. The molecule has 19 heavy (non-hydrogen) atoms. The fourth-order valence-corrected chi connectivity index (χ4v) is 2.14. The molecule has 1 aromatic heterocycles. The SMILES string of the molecule is Cc1noc(NC(=O)C2(c3ccc(N)cc3)CC2)n1. The van der Waals surface area contributed by atoms with E-state index in [0.717, 1.165) is 18.4 Å². The molecular formula is C13H14N4O2. The van der Waals surface area contributed by atoms with Crippen LogP contribution >= 0.6 is 0 Å². The lowest BCUT2D eigenvalue weighted by Gasteiger charge is -2.14. The number of carbonyl (C=O) groups is 1. The molecule has 3 rings (SSSR count). The molecule has 1 aliphatic rings. The van der Waals surface area contributed by atoms with Crippen molar-refractivity contribution in [1.29, 1.82) is 0 Å². The van der Waals surface area contributed by atoms with Crippen LogP contribution in [0.1, 0.15) is 24.2 Å². The van der Waals surface area contributed by atoms with Crippen molar-refractivity contribution in [2.75, 3.05) is 11.1 Å². The van der Waals surface area contributed by atoms with E-state index in [0.29, 0.717) is 11.5 Å². The lowest BCUT2D eigenvalue weighted by Crippen LogP contribution is -2.27. The molecule has 0 unspecified atom stereocenters. The number of amides is 1. The van der Waals surface area contributed by atoms with Crippen LogP contribution < -0.4 is 11.1 Å². The summed E-state index contributed by atoms with van der Waals surface area (Å²) in [5.74, 6) is 0.383. The second kappa shape index (κ2) is 4.08. The van der Waals surface area contributed by atoms with E-state index in [2.05, 4.69) is 15.5 Å². The molecular weight excluding hydrogens is 244 g/mol. The number of anilines is 2. The van der Waals surface area contributed by atoms with E-state index in [1.54, 1.807) is 19.1 Å². The van der Waals surface area contributed by atoms with Gasteiger partial charge in [0.05, 0.1) is 5.41 Å². The first kappa shape index (κ1) is 11.7. The number of nitrogens with two attached hydrogens (primary N) is 1. The second-order valence-electron chi connectivity index (χ2n) is 4.80. The molecule has 0 saturated heterocycles. The van der Waals surface area contributed by atoms with Crippen molar-refractivity contribution in [2.45, 2.75) is 25.2 Å². The Hall–Kier alpha value is -2.37. The number of hydrogen-bond donors (Lipinski definition) is 2. The number of aryl methyl sites for hydroxylation is 1. The maximum absolute atomic E-state index is 12.3. The van der Waals surface area contributed by atoms with Crippen molar-refractivity contribution in [3.63, 3.8) is 0 Å². The van der Waals surface area contributed by atoms with E-state index in [-0.39, 0.29) is 11.9 Å². The molecule has 0 aliphatic heterocycles. The Morgan fingerprint density at radius 3 is 2.58 bits per heavy atom. The summed E-state index contributed by atoms with van der Waals surface area (Å²) in [6, 6.07) is 7.53. The topological polar surface area (TPSA) is 94.0 Å². The van der Waals surface area contributed by atoms with Crippen molar-refractivity contribution >= 4 is 17.6 Å². The number of aromatic nitrogens is 2. The molecule has 1 aliphatic carbocycles. The Balaban J connectivity index is 1.81. The zero-order valence-corrected chi connectivity index (χ0v) is 10.5. The van der Waals surface area contributed by atoms with Crippen LogP contribution in [-0.2, 0) is 10.2 Å². The summed E-state index contributed by atoms with van der Waals surface area (Å²) in [5, 5.41) is 6.31. The van der Waals surface area contributed by atoms with Crippen LogP contribution in [-0.4, -0.2) is 16.0 Å². The molecule has 0 bridgehead atoms. The number of benzene rings is 1. The van der Waals surface area contributed by atoms with Crippen molar-refractivity contribution in [3.05, 3.63) is 35.7 Å². The average molecular weight is 258 g/mol. The summed E-state index contributed by atoms with van der Waals surface area (Å²) >= 11 is 0. The fourth-order valence-electron chi connectivity index (χ4n) is 2.14. The van der Waals surface area contributed by atoms with Gasteiger partial charge in [-0.05, 0) is 37.5 Å². The third-order valence-electron chi connectivity index (χ3n) is 3.40. The van der Waals surface area contributed by atoms with Crippen LogP contribution in [0.15, 0.2) is 28.8 Å². The minimum absolute atomic E-state index is 0.110. The first-order chi connectivity index (χ1) is 9.10. The van der Waals surface area contributed by atoms with Crippen molar-refractivity contribution in [3.8, 4) is 0 Å². The van der Waals surface area contributed by atoms with Gasteiger partial charge in [-0.1, -0.05) is 17.3 Å². The lowest BCUT2D eigenvalue weighted by molar-refractivity contribution is -0.118. The first-order valence-corrected chi connectivity index (χ1v) is 6.08. The highest BCUT2D eigenvalue weighted by molar-refractivity contribution is 6.00. The third kappa shape index (κ3) is 2.05. The van der Waals surface area contributed by atoms with Crippen LogP contribution in [0.4, 0.5) is 11.7 Å². The van der Waals surface area contributed by atoms with Gasteiger partial charge in [0, 0.05) is 5.69 Å². The zero-order chi connectivity index (χ0) is 13.5. The fraction of sp³-hybridized carbons (Fsp3) is 0.308. The summed E-state index contributed by atoms with van der Waals surface area (Å²) in [7, 11) is 0. The Bertz CT molecular complexity index is 614. The van der Waals surface area contributed by atoms with Crippen LogP contribution in [0, 0.1) is 6.92 Å². The molecule has 1 aromatic carbocycles.